The molecule has 5 nitrogen and oxygen atoms in total. The van der Waals surface area contributed by atoms with Gasteiger partial charge in [0.15, 0.2) is 0 Å². The highest BCUT2D eigenvalue weighted by Gasteiger charge is 1.81. The molecule has 0 spiro atoms. The fraction of sp³-hybridized carbons (Fsp3) is 1.00. The Kier molecular flexibility index (Phi) is 13.9. The number of hydrogen-bond donors (Lipinski definition) is 1. The maximum absolute atomic E-state index is 7.83. The number of rotatable bonds is 5. The van der Waals surface area contributed by atoms with Crippen LogP contribution in [0.1, 0.15) is 6.42 Å². The Morgan fingerprint density at radius 1 is 1.70 bits per heavy atom. The first-order chi connectivity index (χ1) is 4.41. The first kappa shape index (κ1) is 12.2. The van der Waals surface area contributed by atoms with Crippen molar-refractivity contribution in [2.75, 3.05) is 20.2 Å². The molecule has 0 amide bonds. The molecule has 0 saturated heterocycles. The highest BCUT2D eigenvalue weighted by atomic mass is 35.5. The minimum absolute atomic E-state index is 0. The van der Waals surface area contributed by atoms with Crippen LogP contribution >= 0.6 is 12.4 Å². The fourth-order valence-corrected chi connectivity index (χ4v) is 0.369. The van der Waals surface area contributed by atoms with Crippen LogP contribution in [0.5, 0.6) is 0 Å². The number of halogens is 1. The molecule has 10 heavy (non-hydrogen) atoms. The summed E-state index contributed by atoms with van der Waals surface area (Å²) in [4.78, 5) is 7.13. The van der Waals surface area contributed by atoms with E-state index in [0.29, 0.717) is 6.54 Å². The fourth-order valence-electron chi connectivity index (χ4n) is 0.369. The Labute approximate surface area is 65.7 Å². The van der Waals surface area contributed by atoms with Gasteiger partial charge in [0.2, 0.25) is 0 Å². The van der Waals surface area contributed by atoms with Crippen molar-refractivity contribution in [3.05, 3.63) is 10.4 Å². The second-order valence-electron chi connectivity index (χ2n) is 1.41. The summed E-state index contributed by atoms with van der Waals surface area (Å²) >= 11 is 0. The lowest BCUT2D eigenvalue weighted by Crippen LogP contribution is -2.13. The molecule has 0 aliphatic carbocycles. The van der Waals surface area contributed by atoms with Crippen LogP contribution in [-0.4, -0.2) is 20.2 Å². The maximum Gasteiger partial charge on any atom is 0.0572 e. The van der Waals surface area contributed by atoms with Crippen LogP contribution < -0.4 is 5.48 Å². The molecule has 0 saturated carbocycles. The smallest absolute Gasteiger partial charge is 0.0572 e. The second-order valence-corrected chi connectivity index (χ2v) is 1.41. The van der Waals surface area contributed by atoms with Crippen molar-refractivity contribution in [3.8, 4) is 0 Å². The molecule has 0 bridgehead atoms. The summed E-state index contributed by atoms with van der Waals surface area (Å²) in [6, 6.07) is 0. The third-order valence-corrected chi connectivity index (χ3v) is 0.745. The topological polar surface area (TPSA) is 70.0 Å². The quantitative estimate of drug-likeness (QED) is 0.220. The lowest BCUT2D eigenvalue weighted by molar-refractivity contribution is 0.0915. The van der Waals surface area contributed by atoms with E-state index in [1.54, 1.807) is 7.11 Å². The van der Waals surface area contributed by atoms with Crippen molar-refractivity contribution in [3.63, 3.8) is 0 Å². The summed E-state index contributed by atoms with van der Waals surface area (Å²) in [6.07, 6.45) is 0.803. The lowest BCUT2D eigenvalue weighted by atomic mass is 10.4. The van der Waals surface area contributed by atoms with E-state index in [-0.39, 0.29) is 12.4 Å². The molecule has 0 fully saturated rings. The minimum atomic E-state index is 0. The Balaban J connectivity index is 0. The number of nitrogens with one attached hydrogen (secondary N) is 1. The average Bonchev–Trinajstić information content (AvgIpc) is 1.89. The van der Waals surface area contributed by atoms with Gasteiger partial charge in [0.25, 0.3) is 0 Å². The van der Waals surface area contributed by atoms with Crippen LogP contribution in [0.3, 0.4) is 0 Å². The molecular formula is C4H11ClN4O. The summed E-state index contributed by atoms with van der Waals surface area (Å²) < 4.78 is 0. The summed E-state index contributed by atoms with van der Waals surface area (Å²) in [5, 5.41) is 3.33. The van der Waals surface area contributed by atoms with Gasteiger partial charge in [0, 0.05) is 18.0 Å². The highest BCUT2D eigenvalue weighted by Crippen LogP contribution is 1.77. The molecule has 0 rings (SSSR count). The number of hydroxylamine groups is 1. The Bertz CT molecular complexity index is 103. The van der Waals surface area contributed by atoms with Crippen LogP contribution in [0, 0.1) is 0 Å². The summed E-state index contributed by atoms with van der Waals surface area (Å²) in [5.41, 5.74) is 10.5. The third-order valence-electron chi connectivity index (χ3n) is 0.745. The van der Waals surface area contributed by atoms with Gasteiger partial charge in [0.05, 0.1) is 7.11 Å². The Morgan fingerprint density at radius 3 is 2.90 bits per heavy atom. The molecule has 0 aromatic rings. The van der Waals surface area contributed by atoms with E-state index in [9.17, 15) is 0 Å². The van der Waals surface area contributed by atoms with Crippen LogP contribution in [0.4, 0.5) is 0 Å². The van der Waals surface area contributed by atoms with Gasteiger partial charge in [-0.1, -0.05) is 5.11 Å². The van der Waals surface area contributed by atoms with E-state index >= 15 is 0 Å². The lowest BCUT2D eigenvalue weighted by Gasteiger charge is -1.95. The minimum Gasteiger partial charge on any atom is -0.305 e. The normalized spacial score (nSPS) is 7.70. The van der Waals surface area contributed by atoms with Crippen molar-refractivity contribution < 1.29 is 4.84 Å². The van der Waals surface area contributed by atoms with Crippen LogP contribution in [0.15, 0.2) is 5.11 Å². The van der Waals surface area contributed by atoms with E-state index < -0.39 is 0 Å². The van der Waals surface area contributed by atoms with Crippen molar-refractivity contribution in [1.29, 1.82) is 0 Å². The molecule has 0 heterocycles. The van der Waals surface area contributed by atoms with E-state index in [4.69, 9.17) is 5.53 Å². The number of nitrogens with zero attached hydrogens (tertiary/aromatic N) is 3. The molecule has 0 unspecified atom stereocenters. The molecule has 6 heteroatoms. The van der Waals surface area contributed by atoms with Crippen molar-refractivity contribution in [1.82, 2.24) is 5.48 Å². The van der Waals surface area contributed by atoms with Crippen molar-refractivity contribution >= 4 is 12.4 Å². The van der Waals surface area contributed by atoms with Gasteiger partial charge in [0.1, 0.15) is 0 Å². The SMILES string of the molecule is CONCCCN=[N+]=[N-].Cl. The Morgan fingerprint density at radius 2 is 2.40 bits per heavy atom. The zero-order valence-corrected chi connectivity index (χ0v) is 6.60. The summed E-state index contributed by atoms with van der Waals surface area (Å²) in [6.45, 7) is 1.24. The first-order valence-corrected chi connectivity index (χ1v) is 2.68. The van der Waals surface area contributed by atoms with Gasteiger partial charge in [-0.05, 0) is 12.0 Å². The monoisotopic (exact) mass is 166 g/mol. The van der Waals surface area contributed by atoms with E-state index in [1.807, 2.05) is 0 Å². The van der Waals surface area contributed by atoms with E-state index in [2.05, 4.69) is 20.3 Å². The molecule has 0 aromatic carbocycles. The molecular weight excluding hydrogens is 156 g/mol. The molecule has 0 atom stereocenters. The summed E-state index contributed by atoms with van der Waals surface area (Å²) in [5.74, 6) is 0. The molecule has 0 aliphatic rings. The molecule has 60 valence electrons. The largest absolute Gasteiger partial charge is 0.305 e. The van der Waals surface area contributed by atoms with E-state index in [0.717, 1.165) is 13.0 Å². The van der Waals surface area contributed by atoms with Crippen LogP contribution in [0.25, 0.3) is 10.4 Å². The average molecular weight is 167 g/mol. The van der Waals surface area contributed by atoms with Gasteiger partial charge < -0.3 is 4.84 Å². The first-order valence-electron chi connectivity index (χ1n) is 2.68. The predicted octanol–water partition coefficient (Wildman–Crippen LogP) is 1.26. The molecule has 1 N–H and O–H groups in total. The van der Waals surface area contributed by atoms with Gasteiger partial charge in [-0.3, -0.25) is 0 Å². The standard InChI is InChI=1S/C4H10N4O.ClH/c1-9-7-4-2-3-6-8-5;/h7H,2-4H2,1H3;1H. The maximum atomic E-state index is 7.83. The van der Waals surface area contributed by atoms with Gasteiger partial charge in [-0.2, -0.15) is 0 Å². The third kappa shape index (κ3) is 10.5. The number of hydrogen-bond acceptors (Lipinski definition) is 3. The second kappa shape index (κ2) is 11.3. The zero-order chi connectivity index (χ0) is 6.95. The van der Waals surface area contributed by atoms with Gasteiger partial charge in [-0.25, -0.2) is 5.48 Å². The molecule has 0 radical (unpaired) electrons. The predicted molar refractivity (Wildman–Crippen MR) is 40.9 cm³/mol. The van der Waals surface area contributed by atoms with Crippen molar-refractivity contribution in [2.45, 2.75) is 6.42 Å². The molecule has 0 aromatic heterocycles. The van der Waals surface area contributed by atoms with Crippen LogP contribution in [-0.2, 0) is 4.84 Å². The van der Waals surface area contributed by atoms with Crippen LogP contribution in [0.2, 0.25) is 0 Å². The Hall–Kier alpha value is -0.480. The molecule has 0 aliphatic heterocycles. The number of azide groups is 1. The van der Waals surface area contributed by atoms with Crippen molar-refractivity contribution in [2.24, 2.45) is 5.11 Å². The summed E-state index contributed by atoms with van der Waals surface area (Å²) in [7, 11) is 1.55. The zero-order valence-electron chi connectivity index (χ0n) is 5.78. The van der Waals surface area contributed by atoms with E-state index in [1.165, 1.54) is 0 Å². The van der Waals surface area contributed by atoms with Gasteiger partial charge >= 0.3 is 0 Å². The highest BCUT2D eigenvalue weighted by molar-refractivity contribution is 5.85. The van der Waals surface area contributed by atoms with Gasteiger partial charge in [-0.15, -0.1) is 12.4 Å².